The highest BCUT2D eigenvalue weighted by molar-refractivity contribution is 5.90. The van der Waals surface area contributed by atoms with Crippen LogP contribution in [0.3, 0.4) is 0 Å². The van der Waals surface area contributed by atoms with Gasteiger partial charge < -0.3 is 4.74 Å². The first-order valence-electron chi connectivity index (χ1n) is 4.62. The summed E-state index contributed by atoms with van der Waals surface area (Å²) in [5.41, 5.74) is 1.38. The summed E-state index contributed by atoms with van der Waals surface area (Å²) < 4.78 is 5.13. The predicted octanol–water partition coefficient (Wildman–Crippen LogP) is 2.30. The lowest BCUT2D eigenvalue weighted by atomic mass is 9.93. The molecule has 1 aromatic rings. The van der Waals surface area contributed by atoms with Crippen LogP contribution < -0.4 is 5.32 Å². The van der Waals surface area contributed by atoms with Crippen molar-refractivity contribution in [2.45, 2.75) is 19.4 Å². The lowest BCUT2D eigenvalue weighted by molar-refractivity contribution is 0.0420. The maximum Gasteiger partial charge on any atom is 0.412 e. The Kier molecular flexibility index (Phi) is 2.00. The summed E-state index contributed by atoms with van der Waals surface area (Å²) in [7, 11) is 0. The fraction of sp³-hybridized carbons (Fsp3) is 0.273. The zero-order valence-electron chi connectivity index (χ0n) is 8.53. The summed E-state index contributed by atoms with van der Waals surface area (Å²) >= 11 is 0. The predicted molar refractivity (Wildman–Crippen MR) is 55.0 cm³/mol. The van der Waals surface area contributed by atoms with Gasteiger partial charge >= 0.3 is 6.09 Å². The maximum absolute atomic E-state index is 11.2. The molecule has 0 saturated carbocycles. The molecule has 2 rings (SSSR count). The summed E-state index contributed by atoms with van der Waals surface area (Å²) in [6.07, 6.45) is 0.304. The third-order valence-electron chi connectivity index (χ3n) is 2.41. The molecular weight excluding hydrogens is 194 g/mol. The molecule has 78 valence electrons. The number of benzene rings is 1. The molecule has 0 aromatic heterocycles. The van der Waals surface area contributed by atoms with Gasteiger partial charge in [-0.2, -0.15) is 0 Å². The third-order valence-corrected chi connectivity index (χ3v) is 2.41. The Labute approximate surface area is 87.2 Å². The molecule has 1 aromatic carbocycles. The molecule has 0 radical (unpaired) electrons. The number of hydrogen-bond acceptors (Lipinski definition) is 3. The van der Waals surface area contributed by atoms with Gasteiger partial charge in [-0.3, -0.25) is 10.1 Å². The average Bonchev–Trinajstić information content (AvgIpc) is 2.16. The number of carbonyl (C=O) groups excluding carboxylic acids is 2. The minimum Gasteiger partial charge on any atom is -0.438 e. The van der Waals surface area contributed by atoms with Gasteiger partial charge in [-0.1, -0.05) is 0 Å². The van der Waals surface area contributed by atoms with Gasteiger partial charge in [-0.05, 0) is 32.0 Å². The van der Waals surface area contributed by atoms with Gasteiger partial charge in [0.05, 0.1) is 5.69 Å². The van der Waals surface area contributed by atoms with E-state index in [2.05, 4.69) is 5.32 Å². The number of ether oxygens (including phenoxy) is 1. The van der Waals surface area contributed by atoms with Gasteiger partial charge in [0, 0.05) is 11.1 Å². The van der Waals surface area contributed by atoms with Crippen LogP contribution in [0.2, 0.25) is 0 Å². The first-order valence-corrected chi connectivity index (χ1v) is 4.62. The van der Waals surface area contributed by atoms with Crippen LogP contribution >= 0.6 is 0 Å². The molecule has 15 heavy (non-hydrogen) atoms. The lowest BCUT2D eigenvalue weighted by Crippen LogP contribution is -2.34. The second-order valence-corrected chi connectivity index (χ2v) is 3.95. The molecule has 1 N–H and O–H groups in total. The second-order valence-electron chi connectivity index (χ2n) is 3.95. The molecule has 1 amide bonds. The van der Waals surface area contributed by atoms with Gasteiger partial charge in [0.2, 0.25) is 0 Å². The van der Waals surface area contributed by atoms with Crippen molar-refractivity contribution in [1.82, 2.24) is 0 Å². The smallest absolute Gasteiger partial charge is 0.412 e. The Morgan fingerprint density at radius 3 is 2.80 bits per heavy atom. The van der Waals surface area contributed by atoms with E-state index in [1.54, 1.807) is 32.0 Å². The van der Waals surface area contributed by atoms with E-state index in [0.717, 1.165) is 11.8 Å². The van der Waals surface area contributed by atoms with E-state index in [-0.39, 0.29) is 0 Å². The van der Waals surface area contributed by atoms with Crippen LogP contribution in [0.15, 0.2) is 18.2 Å². The number of hydrogen-bond donors (Lipinski definition) is 1. The van der Waals surface area contributed by atoms with Gasteiger partial charge in [0.1, 0.15) is 11.9 Å². The van der Waals surface area contributed by atoms with Crippen molar-refractivity contribution in [3.8, 4) is 0 Å². The van der Waals surface area contributed by atoms with E-state index in [9.17, 15) is 9.59 Å². The lowest BCUT2D eigenvalue weighted by Gasteiger charge is -2.32. The number of anilines is 1. The number of cyclic esters (lactones) is 1. The molecule has 0 aliphatic carbocycles. The zero-order valence-corrected chi connectivity index (χ0v) is 8.53. The van der Waals surface area contributed by atoms with Crippen LogP contribution in [-0.4, -0.2) is 12.4 Å². The number of fused-ring (bicyclic) bond motifs is 1. The van der Waals surface area contributed by atoms with Crippen molar-refractivity contribution in [3.05, 3.63) is 29.3 Å². The summed E-state index contributed by atoms with van der Waals surface area (Å²) in [4.78, 5) is 21.8. The van der Waals surface area contributed by atoms with Crippen molar-refractivity contribution >= 4 is 18.1 Å². The van der Waals surface area contributed by atoms with Gasteiger partial charge in [0.15, 0.2) is 0 Å². The molecule has 4 nitrogen and oxygen atoms in total. The summed E-state index contributed by atoms with van der Waals surface area (Å²) in [6.45, 7) is 3.58. The Hall–Kier alpha value is -1.84. The average molecular weight is 205 g/mol. The largest absolute Gasteiger partial charge is 0.438 e. The molecule has 0 saturated heterocycles. The van der Waals surface area contributed by atoms with Crippen LogP contribution in [0, 0.1) is 0 Å². The SMILES string of the molecule is CC1(C)OC(=O)Nc2ccc(C=O)cc21. The molecule has 1 aliphatic rings. The molecule has 4 heteroatoms. The number of rotatable bonds is 1. The molecule has 0 spiro atoms. The molecular formula is C11H11NO3. The Balaban J connectivity index is 2.58. The topological polar surface area (TPSA) is 55.4 Å². The fourth-order valence-corrected chi connectivity index (χ4v) is 1.66. The van der Waals surface area contributed by atoms with Gasteiger partial charge in [0.25, 0.3) is 0 Å². The minimum absolute atomic E-state index is 0.466. The molecule has 0 atom stereocenters. The van der Waals surface area contributed by atoms with E-state index in [0.29, 0.717) is 11.3 Å². The first kappa shape index (κ1) is 9.71. The standard InChI is InChI=1S/C11H11NO3/c1-11(2)8-5-7(6-13)3-4-9(8)12-10(14)15-11/h3-6H,1-2H3,(H,12,14). The van der Waals surface area contributed by atoms with E-state index in [1.807, 2.05) is 0 Å². The molecule has 1 heterocycles. The Bertz CT molecular complexity index is 437. The van der Waals surface area contributed by atoms with E-state index < -0.39 is 11.7 Å². The van der Waals surface area contributed by atoms with Crippen molar-refractivity contribution in [1.29, 1.82) is 0 Å². The van der Waals surface area contributed by atoms with E-state index >= 15 is 0 Å². The number of amides is 1. The van der Waals surface area contributed by atoms with Crippen LogP contribution in [-0.2, 0) is 10.3 Å². The fourth-order valence-electron chi connectivity index (χ4n) is 1.66. The number of carbonyl (C=O) groups is 2. The minimum atomic E-state index is -0.698. The van der Waals surface area contributed by atoms with Crippen molar-refractivity contribution in [2.24, 2.45) is 0 Å². The van der Waals surface area contributed by atoms with Gasteiger partial charge in [-0.15, -0.1) is 0 Å². The number of nitrogens with one attached hydrogen (secondary N) is 1. The van der Waals surface area contributed by atoms with Crippen molar-refractivity contribution in [2.75, 3.05) is 5.32 Å². The molecule has 0 unspecified atom stereocenters. The Morgan fingerprint density at radius 1 is 1.40 bits per heavy atom. The van der Waals surface area contributed by atoms with Crippen LogP contribution in [0.5, 0.6) is 0 Å². The summed E-state index contributed by atoms with van der Waals surface area (Å²) in [5.74, 6) is 0. The highest BCUT2D eigenvalue weighted by Gasteiger charge is 2.33. The third kappa shape index (κ3) is 1.58. The second kappa shape index (κ2) is 3.08. The van der Waals surface area contributed by atoms with E-state index in [4.69, 9.17) is 4.74 Å². The molecule has 0 fully saturated rings. The van der Waals surface area contributed by atoms with Crippen LogP contribution in [0.1, 0.15) is 29.8 Å². The first-order chi connectivity index (χ1) is 7.03. The van der Waals surface area contributed by atoms with Crippen LogP contribution in [0.25, 0.3) is 0 Å². The van der Waals surface area contributed by atoms with Crippen molar-refractivity contribution in [3.63, 3.8) is 0 Å². The maximum atomic E-state index is 11.2. The quantitative estimate of drug-likeness (QED) is 0.715. The summed E-state index contributed by atoms with van der Waals surface area (Å²) in [6, 6.07) is 5.09. The highest BCUT2D eigenvalue weighted by atomic mass is 16.6. The molecule has 1 aliphatic heterocycles. The monoisotopic (exact) mass is 205 g/mol. The summed E-state index contributed by atoms with van der Waals surface area (Å²) in [5, 5.41) is 2.59. The normalized spacial score (nSPS) is 17.3. The zero-order chi connectivity index (χ0) is 11.1. The van der Waals surface area contributed by atoms with Crippen LogP contribution in [0.4, 0.5) is 10.5 Å². The van der Waals surface area contributed by atoms with Crippen molar-refractivity contribution < 1.29 is 14.3 Å². The number of aldehydes is 1. The Morgan fingerprint density at radius 2 is 2.13 bits per heavy atom. The van der Waals surface area contributed by atoms with Gasteiger partial charge in [-0.25, -0.2) is 4.79 Å². The highest BCUT2D eigenvalue weighted by Crippen LogP contribution is 2.35. The van der Waals surface area contributed by atoms with E-state index in [1.165, 1.54) is 0 Å². The molecule has 0 bridgehead atoms.